The van der Waals surface area contributed by atoms with E-state index >= 15 is 0 Å². The molecule has 6 nitrogen and oxygen atoms in total. The topological polar surface area (TPSA) is 78.7 Å². The number of carbonyl (C=O) groups is 1. The van der Waals surface area contributed by atoms with Crippen LogP contribution in [0.1, 0.15) is 41.3 Å². The van der Waals surface area contributed by atoms with E-state index in [0.717, 1.165) is 0 Å². The van der Waals surface area contributed by atoms with Crippen LogP contribution in [0.4, 0.5) is 5.69 Å². The normalized spacial score (nSPS) is 12.8. The fourth-order valence-corrected chi connectivity index (χ4v) is 2.63. The minimum atomic E-state index is -0.396. The summed E-state index contributed by atoms with van der Waals surface area (Å²) in [5, 5.41) is 11.2. The third-order valence-corrected chi connectivity index (χ3v) is 3.96. The molecule has 1 aliphatic rings. The highest BCUT2D eigenvalue weighted by molar-refractivity contribution is 6.07. The van der Waals surface area contributed by atoms with E-state index in [1.54, 1.807) is 36.4 Å². The molecular formula is C19H17NO5. The summed E-state index contributed by atoms with van der Waals surface area (Å²) in [6, 6.07) is 9.95. The molecule has 2 aromatic rings. The van der Waals surface area contributed by atoms with Gasteiger partial charge in [0, 0.05) is 17.2 Å². The molecule has 0 N–H and O–H groups in total. The van der Waals surface area contributed by atoms with Crippen molar-refractivity contribution < 1.29 is 19.2 Å². The van der Waals surface area contributed by atoms with Gasteiger partial charge in [-0.05, 0) is 35.8 Å². The summed E-state index contributed by atoms with van der Waals surface area (Å²) in [7, 11) is 0. The number of rotatable bonds is 5. The summed E-state index contributed by atoms with van der Waals surface area (Å²) in [5.74, 6) is 0.985. The smallest absolute Gasteiger partial charge is 0.273 e. The molecule has 0 aromatic heterocycles. The molecule has 0 atom stereocenters. The second-order valence-electron chi connectivity index (χ2n) is 6.00. The Labute approximate surface area is 144 Å². The van der Waals surface area contributed by atoms with Crippen LogP contribution in [0, 0.1) is 10.1 Å². The Hall–Kier alpha value is -3.15. The van der Waals surface area contributed by atoms with E-state index in [2.05, 4.69) is 0 Å². The summed E-state index contributed by atoms with van der Waals surface area (Å²) in [6.45, 7) is 3.96. The van der Waals surface area contributed by atoms with Crippen LogP contribution in [0.3, 0.4) is 0 Å². The van der Waals surface area contributed by atoms with Gasteiger partial charge in [0.05, 0.1) is 4.92 Å². The maximum absolute atomic E-state index is 12.3. The maximum Gasteiger partial charge on any atom is 0.273 e. The molecule has 2 aromatic carbocycles. The zero-order chi connectivity index (χ0) is 18.0. The summed E-state index contributed by atoms with van der Waals surface area (Å²) in [5.41, 5.74) is 1.80. The number of ether oxygens (including phenoxy) is 2. The molecule has 0 fully saturated rings. The Morgan fingerprint density at radius 2 is 1.92 bits per heavy atom. The zero-order valence-electron chi connectivity index (χ0n) is 13.9. The highest BCUT2D eigenvalue weighted by Gasteiger charge is 2.17. The van der Waals surface area contributed by atoms with Crippen LogP contribution < -0.4 is 9.47 Å². The lowest BCUT2D eigenvalue weighted by Crippen LogP contribution is -1.98. The first-order valence-corrected chi connectivity index (χ1v) is 7.86. The Balaban J connectivity index is 1.83. The van der Waals surface area contributed by atoms with Crippen LogP contribution in [-0.2, 0) is 0 Å². The molecule has 3 rings (SSSR count). The van der Waals surface area contributed by atoms with Crippen molar-refractivity contribution in [2.24, 2.45) is 0 Å². The number of ketones is 1. The quantitative estimate of drug-likeness (QED) is 0.350. The molecule has 0 saturated heterocycles. The average molecular weight is 339 g/mol. The number of carbonyl (C=O) groups excluding carboxylic acids is 1. The number of benzene rings is 2. The first kappa shape index (κ1) is 16.7. The van der Waals surface area contributed by atoms with Crippen molar-refractivity contribution >= 4 is 17.5 Å². The summed E-state index contributed by atoms with van der Waals surface area (Å²) >= 11 is 0. The third kappa shape index (κ3) is 3.52. The molecule has 0 unspecified atom stereocenters. The van der Waals surface area contributed by atoms with Crippen molar-refractivity contribution in [3.63, 3.8) is 0 Å². The first-order valence-electron chi connectivity index (χ1n) is 7.86. The second-order valence-corrected chi connectivity index (χ2v) is 6.00. The van der Waals surface area contributed by atoms with Gasteiger partial charge in [0.15, 0.2) is 17.3 Å². The zero-order valence-corrected chi connectivity index (χ0v) is 13.9. The largest absolute Gasteiger partial charge is 0.454 e. The minimum absolute atomic E-state index is 0.0497. The number of nitrogens with zero attached hydrogens (tertiary/aromatic N) is 1. The Morgan fingerprint density at radius 1 is 1.16 bits per heavy atom. The van der Waals surface area contributed by atoms with Crippen molar-refractivity contribution in [1.29, 1.82) is 0 Å². The Bertz CT molecular complexity index is 870. The third-order valence-electron chi connectivity index (χ3n) is 3.96. The van der Waals surface area contributed by atoms with Gasteiger partial charge >= 0.3 is 0 Å². The lowest BCUT2D eigenvalue weighted by molar-refractivity contribution is -0.385. The van der Waals surface area contributed by atoms with Gasteiger partial charge in [-0.15, -0.1) is 0 Å². The number of nitro groups is 1. The van der Waals surface area contributed by atoms with Gasteiger partial charge in [-0.2, -0.15) is 0 Å². The standard InChI is InChI=1S/C19H17NO5/c1-12(2)15-6-3-13(9-16(15)20(22)23)4-7-17(21)14-5-8-18-19(10-14)25-11-24-18/h3-10,12H,11H2,1-2H3/b7-4+. The molecule has 0 spiro atoms. The van der Waals surface area contributed by atoms with Gasteiger partial charge in [-0.3, -0.25) is 14.9 Å². The van der Waals surface area contributed by atoms with Crippen LogP contribution in [0.5, 0.6) is 11.5 Å². The van der Waals surface area contributed by atoms with E-state index in [1.807, 2.05) is 13.8 Å². The Kier molecular flexibility index (Phi) is 4.52. The van der Waals surface area contributed by atoms with Gasteiger partial charge in [-0.1, -0.05) is 32.1 Å². The average Bonchev–Trinajstić information content (AvgIpc) is 3.06. The molecule has 1 heterocycles. The van der Waals surface area contributed by atoms with Gasteiger partial charge in [-0.25, -0.2) is 0 Å². The predicted octanol–water partition coefficient (Wildman–Crippen LogP) is 4.34. The van der Waals surface area contributed by atoms with Gasteiger partial charge in [0.1, 0.15) is 0 Å². The molecule has 6 heteroatoms. The van der Waals surface area contributed by atoms with E-state index in [9.17, 15) is 14.9 Å². The summed E-state index contributed by atoms with van der Waals surface area (Å²) < 4.78 is 10.5. The van der Waals surface area contributed by atoms with Crippen LogP contribution in [-0.4, -0.2) is 17.5 Å². The summed E-state index contributed by atoms with van der Waals surface area (Å²) in [4.78, 5) is 23.1. The molecule has 0 amide bonds. The van der Waals surface area contributed by atoms with Gasteiger partial charge < -0.3 is 9.47 Å². The number of allylic oxidation sites excluding steroid dienone is 1. The number of nitro benzene ring substituents is 1. The van der Waals surface area contributed by atoms with Crippen molar-refractivity contribution in [3.05, 3.63) is 69.3 Å². The first-order chi connectivity index (χ1) is 12.0. The molecule has 0 aliphatic carbocycles. The van der Waals surface area contributed by atoms with E-state index in [4.69, 9.17) is 9.47 Å². The highest BCUT2D eigenvalue weighted by Crippen LogP contribution is 2.33. The van der Waals surface area contributed by atoms with Gasteiger partial charge in [0.2, 0.25) is 6.79 Å². The highest BCUT2D eigenvalue weighted by atomic mass is 16.7. The molecule has 1 aliphatic heterocycles. The van der Waals surface area contributed by atoms with Crippen molar-refractivity contribution in [3.8, 4) is 11.5 Å². The van der Waals surface area contributed by atoms with Crippen LogP contribution in [0.2, 0.25) is 0 Å². The van der Waals surface area contributed by atoms with Crippen LogP contribution in [0.15, 0.2) is 42.5 Å². The van der Waals surface area contributed by atoms with E-state index in [-0.39, 0.29) is 24.2 Å². The second kappa shape index (κ2) is 6.76. The molecule has 25 heavy (non-hydrogen) atoms. The molecule has 128 valence electrons. The van der Waals surface area contributed by atoms with Crippen molar-refractivity contribution in [2.75, 3.05) is 6.79 Å². The molecular weight excluding hydrogens is 322 g/mol. The molecule has 0 saturated carbocycles. The molecule has 0 radical (unpaired) electrons. The minimum Gasteiger partial charge on any atom is -0.454 e. The predicted molar refractivity (Wildman–Crippen MR) is 93.1 cm³/mol. The monoisotopic (exact) mass is 339 g/mol. The Morgan fingerprint density at radius 3 is 2.64 bits per heavy atom. The number of fused-ring (bicyclic) bond motifs is 1. The van der Waals surface area contributed by atoms with Crippen LogP contribution >= 0.6 is 0 Å². The fourth-order valence-electron chi connectivity index (χ4n) is 2.63. The van der Waals surface area contributed by atoms with E-state index < -0.39 is 4.92 Å². The lowest BCUT2D eigenvalue weighted by Gasteiger charge is -2.07. The van der Waals surface area contributed by atoms with E-state index in [1.165, 1.54) is 12.1 Å². The number of hydrogen-bond donors (Lipinski definition) is 0. The summed E-state index contributed by atoms with van der Waals surface area (Å²) in [6.07, 6.45) is 2.97. The van der Waals surface area contributed by atoms with Crippen molar-refractivity contribution in [2.45, 2.75) is 19.8 Å². The van der Waals surface area contributed by atoms with Crippen LogP contribution in [0.25, 0.3) is 6.08 Å². The molecule has 0 bridgehead atoms. The SMILES string of the molecule is CC(C)c1ccc(/C=C/C(=O)c2ccc3c(c2)OCO3)cc1[N+](=O)[O-]. The van der Waals surface area contributed by atoms with E-state index in [0.29, 0.717) is 28.2 Å². The number of hydrogen-bond acceptors (Lipinski definition) is 5. The maximum atomic E-state index is 12.3. The van der Waals surface area contributed by atoms with Crippen molar-refractivity contribution in [1.82, 2.24) is 0 Å². The lowest BCUT2D eigenvalue weighted by atomic mass is 9.99. The van der Waals surface area contributed by atoms with Gasteiger partial charge in [0.25, 0.3) is 5.69 Å². The fraction of sp³-hybridized carbons (Fsp3) is 0.211.